The smallest absolute Gasteiger partial charge is 0.408 e. The van der Waals surface area contributed by atoms with Gasteiger partial charge in [-0.3, -0.25) is 33.6 Å². The Bertz CT molecular complexity index is 1810. The predicted octanol–water partition coefficient (Wildman–Crippen LogP) is -1.54. The molecular weight excluding hydrogens is 959 g/mol. The van der Waals surface area contributed by atoms with Gasteiger partial charge < -0.3 is 60.5 Å². The average Bonchev–Trinajstić information content (AvgIpc) is 3.23. The van der Waals surface area contributed by atoms with Crippen LogP contribution in [0.2, 0.25) is 0 Å². The zero-order chi connectivity index (χ0) is 51.0. The lowest BCUT2D eigenvalue weighted by Gasteiger charge is -2.36. The number of likely N-dealkylation sites (N-methyl/N-ethyl adjacent to an activating group) is 5. The highest BCUT2D eigenvalue weighted by atomic mass is 33.1. The maximum Gasteiger partial charge on any atom is 0.408 e. The Balaban J connectivity index is 2.77. The van der Waals surface area contributed by atoms with Gasteiger partial charge in [0.15, 0.2) is 0 Å². The van der Waals surface area contributed by atoms with E-state index < -0.39 is 133 Å². The zero-order valence-corrected chi connectivity index (χ0v) is 43.6. The fourth-order valence-corrected chi connectivity index (χ4v) is 9.97. The number of carbonyl (C=O) groups excluding carboxylic acids is 10. The Morgan fingerprint density at radius 2 is 1.13 bits per heavy atom. The molecule has 0 saturated carbocycles. The highest BCUT2D eigenvalue weighted by molar-refractivity contribution is 8.76. The second-order valence-electron chi connectivity index (χ2n) is 17.4. The van der Waals surface area contributed by atoms with Gasteiger partial charge in [0, 0.05) is 71.3 Å². The Morgan fingerprint density at radius 1 is 0.657 bits per heavy atom. The second-order valence-corrected chi connectivity index (χ2v) is 21.8. The minimum atomic E-state index is -1.50. The molecule has 24 nitrogen and oxygen atoms in total. The van der Waals surface area contributed by atoms with Crippen molar-refractivity contribution in [2.45, 2.75) is 89.0 Å². The summed E-state index contributed by atoms with van der Waals surface area (Å²) >= 11 is 2.49. The molecule has 0 unspecified atom stereocenters. The molecule has 6 N–H and O–H groups in total. The third-order valence-corrected chi connectivity index (χ3v) is 13.4. The van der Waals surface area contributed by atoms with E-state index in [0.29, 0.717) is 0 Å². The van der Waals surface area contributed by atoms with Crippen LogP contribution in [0.1, 0.15) is 41.5 Å². The van der Waals surface area contributed by atoms with Crippen LogP contribution in [0.5, 0.6) is 0 Å². The van der Waals surface area contributed by atoms with Crippen molar-refractivity contribution in [3.63, 3.8) is 0 Å². The summed E-state index contributed by atoms with van der Waals surface area (Å²) in [5.74, 6) is -6.20. The fraction of sp³-hybridized carbons (Fsp3) is 0.744. The van der Waals surface area contributed by atoms with E-state index in [0.717, 1.165) is 36.3 Å². The van der Waals surface area contributed by atoms with Gasteiger partial charge in [0.2, 0.25) is 41.4 Å². The molecule has 2 aliphatic heterocycles. The number of hydrogen-bond donors (Lipinski definition) is 6. The number of rotatable bonds is 6. The molecule has 380 valence electrons. The molecule has 0 spiro atoms. The molecule has 0 aromatic carbocycles. The van der Waals surface area contributed by atoms with Gasteiger partial charge >= 0.3 is 18.2 Å². The molecule has 0 radical (unpaired) electrons. The van der Waals surface area contributed by atoms with Crippen molar-refractivity contribution in [2.75, 3.05) is 96.9 Å². The number of amides is 9. The third kappa shape index (κ3) is 19.3. The molecule has 6 atom stereocenters. The van der Waals surface area contributed by atoms with Crippen LogP contribution in [0.25, 0.3) is 0 Å². The largest absolute Gasteiger partial charge is 0.444 e. The average molecular weight is 1030 g/mol. The molecule has 2 aliphatic rings. The van der Waals surface area contributed by atoms with Crippen molar-refractivity contribution in [3.8, 4) is 0 Å². The van der Waals surface area contributed by atoms with Crippen LogP contribution in [-0.2, 0) is 52.7 Å². The van der Waals surface area contributed by atoms with Crippen LogP contribution in [-0.4, -0.2) is 229 Å². The quantitative estimate of drug-likeness (QED) is 0.130. The van der Waals surface area contributed by atoms with Crippen molar-refractivity contribution >= 4 is 105 Å². The van der Waals surface area contributed by atoms with Gasteiger partial charge in [-0.05, 0) is 54.1 Å². The van der Waals surface area contributed by atoms with E-state index in [9.17, 15) is 47.9 Å². The Hall–Kier alpha value is -4.38. The molecule has 0 aromatic heterocycles. The molecular formula is C39H67N11O13S4. The second kappa shape index (κ2) is 27.0. The number of thioether (sulfide) groups is 2. The number of ether oxygens (including phenoxy) is 2. The van der Waals surface area contributed by atoms with E-state index in [1.807, 2.05) is 0 Å². The molecule has 2 bridgehead atoms. The van der Waals surface area contributed by atoms with Gasteiger partial charge in [-0.2, -0.15) is 23.5 Å². The number of nitrogens with zero attached hydrogens (tertiary/aromatic N) is 5. The molecule has 2 saturated heterocycles. The minimum Gasteiger partial charge on any atom is -0.444 e. The molecule has 2 fully saturated rings. The van der Waals surface area contributed by atoms with Crippen LogP contribution in [0, 0.1) is 0 Å². The Morgan fingerprint density at radius 3 is 1.69 bits per heavy atom. The van der Waals surface area contributed by atoms with E-state index in [1.165, 1.54) is 68.7 Å². The molecule has 2 rings (SSSR count). The van der Waals surface area contributed by atoms with E-state index in [1.54, 1.807) is 54.1 Å². The molecule has 67 heavy (non-hydrogen) atoms. The van der Waals surface area contributed by atoms with Gasteiger partial charge in [-0.25, -0.2) is 19.4 Å². The lowest BCUT2D eigenvalue weighted by molar-refractivity contribution is -0.169. The predicted molar refractivity (Wildman–Crippen MR) is 255 cm³/mol. The SMILES string of the molecule is CSC[C@H]1C(=O)N(C)C[C@@H](NC(=O)OC(C)(C)C)C(=O)NCC(=O)N(C)[C@H]2CSSC[C@@H](C(=O)N1C)N(C)NOC(=O)CNC(=O)[C@H](NC(=O)OC(C)(C)C)CNC(=O)[C@H](CSC)N(C)C2=O. The highest BCUT2D eigenvalue weighted by Crippen LogP contribution is 2.27. The normalized spacial score (nSPS) is 25.1. The Kier molecular flexibility index (Phi) is 23.7. The van der Waals surface area contributed by atoms with E-state index >= 15 is 0 Å². The van der Waals surface area contributed by atoms with Crippen LogP contribution in [0.3, 0.4) is 0 Å². The van der Waals surface area contributed by atoms with Crippen LogP contribution < -0.4 is 32.2 Å². The molecule has 2 heterocycles. The van der Waals surface area contributed by atoms with Crippen LogP contribution in [0.15, 0.2) is 0 Å². The van der Waals surface area contributed by atoms with Crippen molar-refractivity contribution in [3.05, 3.63) is 0 Å². The summed E-state index contributed by atoms with van der Waals surface area (Å²) in [6.45, 7) is 7.32. The van der Waals surface area contributed by atoms with Crippen LogP contribution >= 0.6 is 45.1 Å². The number of fused-ring (bicyclic) bond motifs is 5. The first-order chi connectivity index (χ1) is 31.1. The zero-order valence-electron chi connectivity index (χ0n) is 40.3. The first-order valence-corrected chi connectivity index (χ1v) is 26.2. The number of nitrogens with one attached hydrogen (secondary N) is 6. The highest BCUT2D eigenvalue weighted by Gasteiger charge is 2.39. The lowest BCUT2D eigenvalue weighted by Crippen LogP contribution is -2.61. The minimum absolute atomic E-state index is 0.0514. The molecule has 9 amide bonds. The van der Waals surface area contributed by atoms with Crippen LogP contribution in [0.4, 0.5) is 9.59 Å². The summed E-state index contributed by atoms with van der Waals surface area (Å²) in [4.78, 5) is 147. The van der Waals surface area contributed by atoms with Gasteiger partial charge in [0.05, 0.1) is 6.54 Å². The summed E-state index contributed by atoms with van der Waals surface area (Å²) in [6.07, 6.45) is 1.44. The monoisotopic (exact) mass is 1030 g/mol. The number of carbonyl (C=O) groups is 10. The fourth-order valence-electron chi connectivity index (χ4n) is 6.06. The van der Waals surface area contributed by atoms with E-state index in [-0.39, 0.29) is 23.0 Å². The maximum absolute atomic E-state index is 14.5. The third-order valence-electron chi connectivity index (χ3n) is 9.75. The molecule has 0 aliphatic carbocycles. The van der Waals surface area contributed by atoms with E-state index in [2.05, 4.69) is 32.2 Å². The first-order valence-electron chi connectivity index (χ1n) is 20.9. The maximum atomic E-state index is 14.5. The first kappa shape index (κ1) is 58.7. The van der Waals surface area contributed by atoms with Crippen molar-refractivity contribution in [1.82, 2.24) is 56.8 Å². The molecule has 0 aromatic rings. The summed E-state index contributed by atoms with van der Waals surface area (Å²) in [5.41, 5.74) is 0.476. The summed E-state index contributed by atoms with van der Waals surface area (Å²) in [7, 11) is 9.13. The van der Waals surface area contributed by atoms with Crippen molar-refractivity contribution < 1.29 is 62.3 Å². The topological polar surface area (TPSA) is 287 Å². The summed E-state index contributed by atoms with van der Waals surface area (Å²) < 4.78 is 10.7. The van der Waals surface area contributed by atoms with Crippen molar-refractivity contribution in [1.29, 1.82) is 0 Å². The number of alkyl carbamates (subject to hydrolysis) is 2. The van der Waals surface area contributed by atoms with Gasteiger partial charge in [-0.15, -0.1) is 0 Å². The van der Waals surface area contributed by atoms with Gasteiger partial charge in [0.25, 0.3) is 0 Å². The summed E-state index contributed by atoms with van der Waals surface area (Å²) in [5, 5.41) is 13.5. The number of hydrazine groups is 1. The molecule has 28 heteroatoms. The van der Waals surface area contributed by atoms with E-state index in [4.69, 9.17) is 14.3 Å². The van der Waals surface area contributed by atoms with Gasteiger partial charge in [-0.1, -0.05) is 27.2 Å². The lowest BCUT2D eigenvalue weighted by atomic mass is 10.1. The Labute approximate surface area is 407 Å². The standard InChI is InChI=1S/C39H67N11O13S4/c1-38(2,3)61-36(59)43-22-14-40-32(55)24(18-64-12)48(9)34(57)26-20-66-67-21-27(50(11)45-63-29(52)16-42-30(22)53)35(58)49(10)25(19-65-13)33(56)46(7)17-23(44-37(60)62-39(4,5)6)31(54)41-15-28(51)47(26)8/h22-27,45H,14-21H2,1-13H3,(H,40,55)(H,41,54)(H,42,53)(H,43,59)(H,44,60)/t22-,23-,24+,25+,26+,27+/m1/s1. The van der Waals surface area contributed by atoms with Crippen molar-refractivity contribution in [2.24, 2.45) is 0 Å². The number of hydrogen-bond acceptors (Lipinski definition) is 19. The summed E-state index contributed by atoms with van der Waals surface area (Å²) in [6, 6.07) is -7.73. The van der Waals surface area contributed by atoms with Gasteiger partial charge in [0.1, 0.15) is 54.0 Å².